The summed E-state index contributed by atoms with van der Waals surface area (Å²) in [7, 11) is 3.18. The molecule has 0 bridgehead atoms. The zero-order chi connectivity index (χ0) is 16.3. The van der Waals surface area contributed by atoms with Crippen LogP contribution in [0.15, 0.2) is 18.2 Å². The fraction of sp³-hybridized carbons (Fsp3) is 0.500. The molecule has 22 heavy (non-hydrogen) atoms. The number of imide groups is 1. The van der Waals surface area contributed by atoms with E-state index in [0.29, 0.717) is 18.0 Å². The van der Waals surface area contributed by atoms with Crippen LogP contribution in [0.2, 0.25) is 0 Å². The van der Waals surface area contributed by atoms with E-state index in [1.165, 1.54) is 4.90 Å². The molecule has 1 saturated heterocycles. The first-order valence-electron chi connectivity index (χ1n) is 7.28. The monoisotopic (exact) mass is 306 g/mol. The Balaban J connectivity index is 2.05. The van der Waals surface area contributed by atoms with Gasteiger partial charge in [-0.15, -0.1) is 0 Å². The molecule has 0 aromatic heterocycles. The maximum atomic E-state index is 12.2. The summed E-state index contributed by atoms with van der Waals surface area (Å²) in [6.45, 7) is 4.12. The standard InChI is InChI=1S/C16H22N2O4/c1-10(2)18-15(19)8-13(16(18)20)17-9-11-5-6-12(21-3)7-14(11)22-4/h5-7,10,13,17H,8-9H2,1-4H3/t13-/m1/s1. The molecule has 1 aliphatic rings. The highest BCUT2D eigenvalue weighted by Crippen LogP contribution is 2.25. The van der Waals surface area contributed by atoms with Gasteiger partial charge in [-0.3, -0.25) is 14.5 Å². The summed E-state index contributed by atoms with van der Waals surface area (Å²) >= 11 is 0. The quantitative estimate of drug-likeness (QED) is 0.803. The van der Waals surface area contributed by atoms with Crippen molar-refractivity contribution in [2.24, 2.45) is 0 Å². The van der Waals surface area contributed by atoms with Gasteiger partial charge in [-0.1, -0.05) is 6.07 Å². The second kappa shape index (κ2) is 6.79. The molecule has 0 aliphatic carbocycles. The van der Waals surface area contributed by atoms with Crippen molar-refractivity contribution in [3.8, 4) is 11.5 Å². The van der Waals surface area contributed by atoms with Crippen molar-refractivity contribution < 1.29 is 19.1 Å². The van der Waals surface area contributed by atoms with Crippen LogP contribution in [0.1, 0.15) is 25.8 Å². The molecule has 1 heterocycles. The summed E-state index contributed by atoms with van der Waals surface area (Å²) in [6, 6.07) is 4.93. The number of benzene rings is 1. The van der Waals surface area contributed by atoms with Crippen molar-refractivity contribution in [3.63, 3.8) is 0 Å². The van der Waals surface area contributed by atoms with Gasteiger partial charge in [-0.25, -0.2) is 0 Å². The van der Waals surface area contributed by atoms with Gasteiger partial charge in [0, 0.05) is 24.2 Å². The number of rotatable bonds is 6. The first-order valence-corrected chi connectivity index (χ1v) is 7.28. The Kier molecular flexibility index (Phi) is 5.03. The number of likely N-dealkylation sites (tertiary alicyclic amines) is 1. The minimum absolute atomic E-state index is 0.109. The first-order chi connectivity index (χ1) is 10.5. The smallest absolute Gasteiger partial charge is 0.247 e. The van der Waals surface area contributed by atoms with Crippen molar-refractivity contribution in [2.45, 2.75) is 38.9 Å². The van der Waals surface area contributed by atoms with Crippen LogP contribution in [0.3, 0.4) is 0 Å². The molecule has 1 aromatic carbocycles. The zero-order valence-corrected chi connectivity index (χ0v) is 13.4. The molecule has 1 N–H and O–H groups in total. The molecular weight excluding hydrogens is 284 g/mol. The summed E-state index contributed by atoms with van der Waals surface area (Å²) in [4.78, 5) is 25.4. The van der Waals surface area contributed by atoms with Gasteiger partial charge in [-0.2, -0.15) is 0 Å². The van der Waals surface area contributed by atoms with E-state index in [-0.39, 0.29) is 24.3 Å². The third-order valence-electron chi connectivity index (χ3n) is 3.73. The van der Waals surface area contributed by atoms with Crippen molar-refractivity contribution in [1.82, 2.24) is 10.2 Å². The average molecular weight is 306 g/mol. The molecule has 1 fully saturated rings. The van der Waals surface area contributed by atoms with Gasteiger partial charge in [-0.05, 0) is 19.9 Å². The lowest BCUT2D eigenvalue weighted by Crippen LogP contribution is -2.41. The Labute approximate surface area is 130 Å². The molecule has 0 saturated carbocycles. The number of ether oxygens (including phenoxy) is 2. The van der Waals surface area contributed by atoms with Crippen LogP contribution < -0.4 is 14.8 Å². The summed E-state index contributed by atoms with van der Waals surface area (Å²) in [5, 5.41) is 3.14. The number of hydrogen-bond donors (Lipinski definition) is 1. The maximum Gasteiger partial charge on any atom is 0.247 e. The predicted octanol–water partition coefficient (Wildman–Crippen LogP) is 1.33. The Morgan fingerprint density at radius 2 is 2.00 bits per heavy atom. The van der Waals surface area contributed by atoms with Crippen molar-refractivity contribution >= 4 is 11.8 Å². The van der Waals surface area contributed by atoms with Gasteiger partial charge in [0.1, 0.15) is 11.5 Å². The van der Waals surface area contributed by atoms with Crippen LogP contribution >= 0.6 is 0 Å². The molecule has 0 spiro atoms. The van der Waals surface area contributed by atoms with Crippen LogP contribution in [0, 0.1) is 0 Å². The number of carbonyl (C=O) groups excluding carboxylic acids is 2. The average Bonchev–Trinajstić information content (AvgIpc) is 2.79. The lowest BCUT2D eigenvalue weighted by atomic mass is 10.1. The van der Waals surface area contributed by atoms with E-state index in [0.717, 1.165) is 5.56 Å². The second-order valence-electron chi connectivity index (χ2n) is 5.51. The number of amides is 2. The van der Waals surface area contributed by atoms with Gasteiger partial charge in [0.15, 0.2) is 0 Å². The van der Waals surface area contributed by atoms with Gasteiger partial charge >= 0.3 is 0 Å². The van der Waals surface area contributed by atoms with Crippen molar-refractivity contribution in [1.29, 1.82) is 0 Å². The van der Waals surface area contributed by atoms with E-state index < -0.39 is 6.04 Å². The highest BCUT2D eigenvalue weighted by atomic mass is 16.5. The molecule has 2 amide bonds. The Hall–Kier alpha value is -2.08. The summed E-state index contributed by atoms with van der Waals surface area (Å²) < 4.78 is 10.5. The molecular formula is C16H22N2O4. The van der Waals surface area contributed by atoms with Crippen LogP contribution in [0.5, 0.6) is 11.5 Å². The number of nitrogens with zero attached hydrogens (tertiary/aromatic N) is 1. The van der Waals surface area contributed by atoms with Crippen molar-refractivity contribution in [2.75, 3.05) is 14.2 Å². The largest absolute Gasteiger partial charge is 0.497 e. The molecule has 6 nitrogen and oxygen atoms in total. The fourth-order valence-electron chi connectivity index (χ4n) is 2.58. The van der Waals surface area contributed by atoms with E-state index in [2.05, 4.69) is 5.32 Å². The summed E-state index contributed by atoms with van der Waals surface area (Å²) in [5.74, 6) is 1.11. The van der Waals surface area contributed by atoms with Crippen LogP contribution in [-0.2, 0) is 16.1 Å². The third kappa shape index (κ3) is 3.22. The van der Waals surface area contributed by atoms with Gasteiger partial charge in [0.2, 0.25) is 11.8 Å². The normalized spacial score (nSPS) is 18.2. The van der Waals surface area contributed by atoms with E-state index >= 15 is 0 Å². The lowest BCUT2D eigenvalue weighted by Gasteiger charge is -2.19. The number of nitrogens with one attached hydrogen (secondary N) is 1. The second-order valence-corrected chi connectivity index (χ2v) is 5.51. The Morgan fingerprint density at radius 3 is 2.55 bits per heavy atom. The van der Waals surface area contributed by atoms with Gasteiger partial charge in [0.25, 0.3) is 0 Å². The Morgan fingerprint density at radius 1 is 1.27 bits per heavy atom. The number of hydrogen-bond acceptors (Lipinski definition) is 5. The Bertz CT molecular complexity index is 571. The SMILES string of the molecule is COc1ccc(CN[C@@H]2CC(=O)N(C(C)C)C2=O)c(OC)c1. The number of carbonyl (C=O) groups is 2. The van der Waals surface area contributed by atoms with E-state index in [1.54, 1.807) is 20.3 Å². The van der Waals surface area contributed by atoms with Crippen LogP contribution in [0.4, 0.5) is 0 Å². The molecule has 1 aromatic rings. The lowest BCUT2D eigenvalue weighted by molar-refractivity contribution is -0.140. The molecule has 1 atom stereocenters. The van der Waals surface area contributed by atoms with E-state index in [1.807, 2.05) is 26.0 Å². The highest BCUT2D eigenvalue weighted by Gasteiger charge is 2.39. The molecule has 0 radical (unpaired) electrons. The highest BCUT2D eigenvalue weighted by molar-refractivity contribution is 6.05. The molecule has 1 aliphatic heterocycles. The molecule has 120 valence electrons. The summed E-state index contributed by atoms with van der Waals surface area (Å²) in [6.07, 6.45) is 0.204. The van der Waals surface area contributed by atoms with Gasteiger partial charge < -0.3 is 14.8 Å². The molecule has 2 rings (SSSR count). The van der Waals surface area contributed by atoms with Crippen LogP contribution in [-0.4, -0.2) is 43.0 Å². The third-order valence-corrected chi connectivity index (χ3v) is 3.73. The first kappa shape index (κ1) is 16.3. The van der Waals surface area contributed by atoms with Gasteiger partial charge in [0.05, 0.1) is 26.7 Å². The fourth-order valence-corrected chi connectivity index (χ4v) is 2.58. The maximum absolute atomic E-state index is 12.2. The summed E-state index contributed by atoms with van der Waals surface area (Å²) in [5.41, 5.74) is 0.909. The van der Waals surface area contributed by atoms with Crippen LogP contribution in [0.25, 0.3) is 0 Å². The minimum atomic E-state index is -0.471. The van der Waals surface area contributed by atoms with Crippen molar-refractivity contribution in [3.05, 3.63) is 23.8 Å². The topological polar surface area (TPSA) is 67.9 Å². The molecule has 0 unspecified atom stereocenters. The predicted molar refractivity (Wildman–Crippen MR) is 81.8 cm³/mol. The molecule has 6 heteroatoms. The minimum Gasteiger partial charge on any atom is -0.497 e. The number of methoxy groups -OCH3 is 2. The van der Waals surface area contributed by atoms with E-state index in [4.69, 9.17) is 9.47 Å². The zero-order valence-electron chi connectivity index (χ0n) is 13.4. The van der Waals surface area contributed by atoms with E-state index in [9.17, 15) is 9.59 Å².